The van der Waals surface area contributed by atoms with Crippen LogP contribution in [0.5, 0.6) is 5.75 Å². The third-order valence-corrected chi connectivity index (χ3v) is 7.40. The van der Waals surface area contributed by atoms with Gasteiger partial charge in [-0.25, -0.2) is 4.98 Å². The van der Waals surface area contributed by atoms with Crippen LogP contribution in [0.2, 0.25) is 0 Å². The standard InChI is InChI=1S/C26H33N5O4/c1-26(25(34)27-15-18-9-5-6-10-20(18)35-2)16-30-17-28-21(22(30)24(33)31(26)19-11-12-19)23(32)29-13-7-3-4-8-14-29/h5-6,9-10,17,19H,3-4,7-8,11-16H2,1-2H3,(H,27,34)/t26-/m0/s1. The van der Waals surface area contributed by atoms with Gasteiger partial charge in [0.1, 0.15) is 17.0 Å². The molecular weight excluding hydrogens is 446 g/mol. The Morgan fingerprint density at radius 1 is 1.14 bits per heavy atom. The van der Waals surface area contributed by atoms with Crippen LogP contribution in [0.15, 0.2) is 30.6 Å². The number of hydrogen-bond acceptors (Lipinski definition) is 5. The summed E-state index contributed by atoms with van der Waals surface area (Å²) in [4.78, 5) is 48.6. The zero-order chi connectivity index (χ0) is 24.6. The van der Waals surface area contributed by atoms with Gasteiger partial charge >= 0.3 is 0 Å². The first-order valence-corrected chi connectivity index (χ1v) is 12.5. The normalized spacial score (nSPS) is 22.4. The van der Waals surface area contributed by atoms with Crippen LogP contribution < -0.4 is 10.1 Å². The molecule has 0 bridgehead atoms. The molecule has 2 aliphatic heterocycles. The largest absolute Gasteiger partial charge is 0.496 e. The van der Waals surface area contributed by atoms with Crippen LogP contribution in [-0.2, 0) is 17.9 Å². The molecule has 1 atom stereocenters. The van der Waals surface area contributed by atoms with Crippen molar-refractivity contribution in [2.75, 3.05) is 20.2 Å². The Balaban J connectivity index is 1.41. The van der Waals surface area contributed by atoms with Crippen LogP contribution in [-0.4, -0.2) is 68.9 Å². The average molecular weight is 480 g/mol. The number of hydrogen-bond donors (Lipinski definition) is 1. The minimum Gasteiger partial charge on any atom is -0.496 e. The zero-order valence-corrected chi connectivity index (χ0v) is 20.5. The Labute approximate surface area is 205 Å². The Kier molecular flexibility index (Phi) is 6.25. The highest BCUT2D eigenvalue weighted by atomic mass is 16.5. The highest BCUT2D eigenvalue weighted by Gasteiger charge is 2.53. The third kappa shape index (κ3) is 4.28. The molecule has 1 aromatic heterocycles. The topological polar surface area (TPSA) is 96.8 Å². The van der Waals surface area contributed by atoms with Crippen molar-refractivity contribution in [1.82, 2.24) is 24.7 Å². The van der Waals surface area contributed by atoms with E-state index in [1.165, 1.54) is 6.33 Å². The zero-order valence-electron chi connectivity index (χ0n) is 20.5. The van der Waals surface area contributed by atoms with E-state index < -0.39 is 5.54 Å². The lowest BCUT2D eigenvalue weighted by Gasteiger charge is -2.44. The molecule has 3 heterocycles. The summed E-state index contributed by atoms with van der Waals surface area (Å²) in [6, 6.07) is 7.53. The van der Waals surface area contributed by atoms with E-state index in [4.69, 9.17) is 4.74 Å². The molecule has 9 nitrogen and oxygen atoms in total. The molecule has 3 amide bonds. The first kappa shape index (κ1) is 23.4. The van der Waals surface area contributed by atoms with E-state index in [2.05, 4.69) is 10.3 Å². The van der Waals surface area contributed by atoms with Crippen molar-refractivity contribution < 1.29 is 19.1 Å². The van der Waals surface area contributed by atoms with Crippen LogP contribution in [0, 0.1) is 0 Å². The lowest BCUT2D eigenvalue weighted by atomic mass is 9.93. The fourth-order valence-electron chi connectivity index (χ4n) is 5.35. The quantitative estimate of drug-likeness (QED) is 0.687. The van der Waals surface area contributed by atoms with Gasteiger partial charge in [0, 0.05) is 31.2 Å². The SMILES string of the molecule is COc1ccccc1CNC(=O)[C@]1(C)Cn2cnc(C(=O)N3CCCCCC3)c2C(=O)N1C1CC1. The molecule has 3 aliphatic rings. The molecule has 0 radical (unpaired) electrons. The van der Waals surface area contributed by atoms with Crippen LogP contribution in [0.1, 0.15) is 72.0 Å². The second-order valence-electron chi connectivity index (χ2n) is 9.95. The molecule has 0 spiro atoms. The summed E-state index contributed by atoms with van der Waals surface area (Å²) in [5.41, 5.74) is 0.289. The van der Waals surface area contributed by atoms with E-state index in [0.29, 0.717) is 31.1 Å². The van der Waals surface area contributed by atoms with E-state index >= 15 is 0 Å². The summed E-state index contributed by atoms with van der Waals surface area (Å²) < 4.78 is 7.09. The van der Waals surface area contributed by atoms with Crippen LogP contribution in [0.25, 0.3) is 0 Å². The summed E-state index contributed by atoms with van der Waals surface area (Å²) in [5.74, 6) is -0.00739. The number of amides is 3. The van der Waals surface area contributed by atoms with Gasteiger partial charge in [-0.15, -0.1) is 0 Å². The maximum Gasteiger partial charge on any atom is 0.274 e. The molecule has 5 rings (SSSR count). The lowest BCUT2D eigenvalue weighted by Crippen LogP contribution is -2.64. The predicted molar refractivity (Wildman–Crippen MR) is 129 cm³/mol. The summed E-state index contributed by atoms with van der Waals surface area (Å²) in [6.07, 6.45) is 7.40. The number of ether oxygens (including phenoxy) is 1. The number of nitrogens with one attached hydrogen (secondary N) is 1. The Morgan fingerprint density at radius 3 is 2.54 bits per heavy atom. The highest BCUT2D eigenvalue weighted by molar-refractivity contribution is 6.07. The van der Waals surface area contributed by atoms with Gasteiger partial charge < -0.3 is 24.4 Å². The average Bonchev–Trinajstić information content (AvgIpc) is 3.65. The van der Waals surface area contributed by atoms with Crippen LogP contribution in [0.4, 0.5) is 0 Å². The number of nitrogens with zero attached hydrogens (tertiary/aromatic N) is 4. The third-order valence-electron chi connectivity index (χ3n) is 7.40. The van der Waals surface area contributed by atoms with Crippen molar-refractivity contribution in [3.63, 3.8) is 0 Å². The molecular formula is C26H33N5O4. The maximum absolute atomic E-state index is 13.8. The summed E-state index contributed by atoms with van der Waals surface area (Å²) >= 11 is 0. The van der Waals surface area contributed by atoms with Crippen molar-refractivity contribution in [2.45, 2.75) is 70.1 Å². The summed E-state index contributed by atoms with van der Waals surface area (Å²) in [7, 11) is 1.60. The number of carbonyl (C=O) groups excluding carboxylic acids is 3. The molecule has 35 heavy (non-hydrogen) atoms. The molecule has 0 unspecified atom stereocenters. The van der Waals surface area contributed by atoms with Crippen molar-refractivity contribution >= 4 is 17.7 Å². The molecule has 1 saturated carbocycles. The molecule has 1 aromatic carbocycles. The number of likely N-dealkylation sites (tertiary alicyclic amines) is 1. The molecule has 2 fully saturated rings. The van der Waals surface area contributed by atoms with E-state index in [1.54, 1.807) is 23.5 Å². The fraction of sp³-hybridized carbons (Fsp3) is 0.538. The van der Waals surface area contributed by atoms with Gasteiger partial charge in [0.15, 0.2) is 5.69 Å². The maximum atomic E-state index is 13.8. The number of benzene rings is 1. The van der Waals surface area contributed by atoms with Gasteiger partial charge in [0.2, 0.25) is 5.91 Å². The molecule has 186 valence electrons. The first-order chi connectivity index (χ1) is 16.9. The Hall–Kier alpha value is -3.36. The van der Waals surface area contributed by atoms with E-state index in [9.17, 15) is 14.4 Å². The van der Waals surface area contributed by atoms with Gasteiger partial charge in [-0.05, 0) is 38.7 Å². The number of carbonyl (C=O) groups is 3. The predicted octanol–water partition coefficient (Wildman–Crippen LogP) is 2.60. The van der Waals surface area contributed by atoms with E-state index in [-0.39, 0.29) is 36.0 Å². The molecule has 1 aliphatic carbocycles. The van der Waals surface area contributed by atoms with Crippen LogP contribution >= 0.6 is 0 Å². The molecule has 2 aromatic rings. The smallest absolute Gasteiger partial charge is 0.274 e. The second-order valence-corrected chi connectivity index (χ2v) is 9.95. The highest BCUT2D eigenvalue weighted by Crippen LogP contribution is 2.39. The minimum atomic E-state index is -1.09. The monoisotopic (exact) mass is 479 g/mol. The van der Waals surface area contributed by atoms with Gasteiger partial charge in [-0.2, -0.15) is 0 Å². The molecule has 9 heteroatoms. The number of para-hydroxylation sites is 1. The van der Waals surface area contributed by atoms with Gasteiger partial charge in [-0.1, -0.05) is 31.0 Å². The number of aromatic nitrogens is 2. The van der Waals surface area contributed by atoms with Crippen molar-refractivity contribution in [1.29, 1.82) is 0 Å². The number of methoxy groups -OCH3 is 1. The van der Waals surface area contributed by atoms with Gasteiger partial charge in [0.25, 0.3) is 11.8 Å². The van der Waals surface area contributed by atoms with Crippen molar-refractivity contribution in [3.8, 4) is 5.75 Å². The fourth-order valence-corrected chi connectivity index (χ4v) is 5.35. The number of imidazole rings is 1. The van der Waals surface area contributed by atoms with E-state index in [1.807, 2.05) is 29.2 Å². The van der Waals surface area contributed by atoms with E-state index in [0.717, 1.165) is 44.1 Å². The first-order valence-electron chi connectivity index (χ1n) is 12.5. The number of fused-ring (bicyclic) bond motifs is 1. The lowest BCUT2D eigenvalue weighted by molar-refractivity contribution is -0.133. The van der Waals surface area contributed by atoms with Crippen LogP contribution in [0.3, 0.4) is 0 Å². The Bertz CT molecular complexity index is 1130. The Morgan fingerprint density at radius 2 is 1.86 bits per heavy atom. The molecule has 1 N–H and O–H groups in total. The van der Waals surface area contributed by atoms with Crippen molar-refractivity contribution in [2.24, 2.45) is 0 Å². The molecule has 1 saturated heterocycles. The van der Waals surface area contributed by atoms with Gasteiger partial charge in [0.05, 0.1) is 20.0 Å². The minimum absolute atomic E-state index is 0.00528. The number of rotatable bonds is 6. The summed E-state index contributed by atoms with van der Waals surface area (Å²) in [5, 5.41) is 3.01. The second kappa shape index (κ2) is 9.36. The van der Waals surface area contributed by atoms with Gasteiger partial charge in [-0.3, -0.25) is 14.4 Å². The van der Waals surface area contributed by atoms with Crippen molar-refractivity contribution in [3.05, 3.63) is 47.5 Å². The summed E-state index contributed by atoms with van der Waals surface area (Å²) in [6.45, 7) is 3.73.